The summed E-state index contributed by atoms with van der Waals surface area (Å²) < 4.78 is 4.82. The minimum Gasteiger partial charge on any atom is -0.326 e. The molecule has 0 unspecified atom stereocenters. The van der Waals surface area contributed by atoms with E-state index in [1.807, 2.05) is 0 Å². The van der Waals surface area contributed by atoms with E-state index >= 15 is 0 Å². The fourth-order valence-electron chi connectivity index (χ4n) is 2.82. The first-order valence-corrected chi connectivity index (χ1v) is 6.18. The fraction of sp³-hybridized carbons (Fsp3) is 0.357. The van der Waals surface area contributed by atoms with Crippen LogP contribution in [0.3, 0.4) is 0 Å². The zero-order chi connectivity index (χ0) is 12.3. The van der Waals surface area contributed by atoms with Gasteiger partial charge in [-0.15, -0.1) is 0 Å². The molecular weight excluding hydrogens is 207 g/mol. The number of fused-ring (bicyclic) bond motifs is 2. The predicted molar refractivity (Wildman–Crippen MR) is 73.9 cm³/mol. The van der Waals surface area contributed by atoms with Crippen LogP contribution >= 0.6 is 0 Å². The van der Waals surface area contributed by atoms with Crippen molar-refractivity contribution in [3.05, 3.63) is 39.9 Å². The molecule has 1 aromatic rings. The number of nitrogens with zero attached hydrogens (tertiary/aromatic N) is 2. The number of allylic oxidation sites excluding steroid dienone is 2. The van der Waals surface area contributed by atoms with Crippen molar-refractivity contribution in [3.8, 4) is 0 Å². The Morgan fingerprint density at radius 2 is 1.71 bits per heavy atom. The van der Waals surface area contributed by atoms with Gasteiger partial charge in [-0.25, -0.2) is 0 Å². The van der Waals surface area contributed by atoms with Crippen molar-refractivity contribution >= 4 is 19.3 Å². The maximum absolute atomic E-state index is 2.42. The Morgan fingerprint density at radius 3 is 2.41 bits per heavy atom. The van der Waals surface area contributed by atoms with Crippen LogP contribution in [0.1, 0.15) is 36.4 Å². The van der Waals surface area contributed by atoms with Gasteiger partial charge < -0.3 is 4.48 Å². The van der Waals surface area contributed by atoms with Crippen LogP contribution in [0.25, 0.3) is 6.08 Å². The third-order valence-corrected chi connectivity index (χ3v) is 4.40. The SMILES string of the molecule is CC1=CC2=Cc3c(C)c(C)c(C)n3B[N+]2=C1C. The average Bonchev–Trinajstić information content (AvgIpc) is 2.70. The summed E-state index contributed by atoms with van der Waals surface area (Å²) in [4.78, 5) is 0. The highest BCUT2D eigenvalue weighted by Gasteiger charge is 2.33. The van der Waals surface area contributed by atoms with Gasteiger partial charge in [0, 0.05) is 36.0 Å². The van der Waals surface area contributed by atoms with Crippen molar-refractivity contribution in [2.24, 2.45) is 0 Å². The second kappa shape index (κ2) is 3.25. The van der Waals surface area contributed by atoms with E-state index in [1.165, 1.54) is 39.5 Å². The molecule has 0 atom stereocenters. The van der Waals surface area contributed by atoms with E-state index in [9.17, 15) is 0 Å². The first-order chi connectivity index (χ1) is 8.00. The van der Waals surface area contributed by atoms with E-state index < -0.39 is 0 Å². The summed E-state index contributed by atoms with van der Waals surface area (Å²) in [5.74, 6) is 0. The Bertz CT molecular complexity index is 627. The molecule has 0 radical (unpaired) electrons. The molecule has 0 saturated heterocycles. The van der Waals surface area contributed by atoms with E-state index in [4.69, 9.17) is 0 Å². The summed E-state index contributed by atoms with van der Waals surface area (Å²) in [6.45, 7) is 11.1. The smallest absolute Gasteiger partial charge is 0.326 e. The Morgan fingerprint density at radius 1 is 1.00 bits per heavy atom. The molecule has 2 aliphatic heterocycles. The molecule has 86 valence electrons. The maximum Gasteiger partial charge on any atom is 0.604 e. The van der Waals surface area contributed by atoms with Crippen LogP contribution in [-0.2, 0) is 0 Å². The lowest BCUT2D eigenvalue weighted by molar-refractivity contribution is -0.313. The van der Waals surface area contributed by atoms with E-state index in [1.54, 1.807) is 0 Å². The Balaban J connectivity index is 2.27. The van der Waals surface area contributed by atoms with Gasteiger partial charge in [-0.3, -0.25) is 4.49 Å². The van der Waals surface area contributed by atoms with Gasteiger partial charge in [0.05, 0.1) is 0 Å². The van der Waals surface area contributed by atoms with Crippen LogP contribution in [0.5, 0.6) is 0 Å². The molecule has 0 saturated carbocycles. The molecule has 3 rings (SSSR count). The lowest BCUT2D eigenvalue weighted by atomic mass is 10.0. The van der Waals surface area contributed by atoms with Crippen LogP contribution in [-0.4, -0.2) is 22.2 Å². The largest absolute Gasteiger partial charge is 0.604 e. The van der Waals surface area contributed by atoms with Gasteiger partial charge in [0.25, 0.3) is 0 Å². The molecule has 17 heavy (non-hydrogen) atoms. The summed E-state index contributed by atoms with van der Waals surface area (Å²) >= 11 is 0. The van der Waals surface area contributed by atoms with Crippen LogP contribution in [0, 0.1) is 20.8 Å². The van der Waals surface area contributed by atoms with E-state index in [0.29, 0.717) is 0 Å². The minimum atomic E-state index is 0.960. The molecule has 3 heterocycles. The van der Waals surface area contributed by atoms with Crippen LogP contribution < -0.4 is 0 Å². The van der Waals surface area contributed by atoms with Gasteiger partial charge >= 0.3 is 7.55 Å². The monoisotopic (exact) mass is 225 g/mol. The van der Waals surface area contributed by atoms with E-state index in [2.05, 4.69) is 55.7 Å². The number of aromatic nitrogens is 1. The quantitative estimate of drug-likeness (QED) is 0.598. The number of hydrogen-bond donors (Lipinski definition) is 0. The molecule has 3 heteroatoms. The molecule has 0 aromatic carbocycles. The Kier molecular flexibility index (Phi) is 2.03. The highest BCUT2D eigenvalue weighted by Crippen LogP contribution is 2.28. The average molecular weight is 225 g/mol. The molecule has 0 aliphatic carbocycles. The van der Waals surface area contributed by atoms with Crippen LogP contribution in [0.15, 0.2) is 17.3 Å². The van der Waals surface area contributed by atoms with E-state index in [-0.39, 0.29) is 0 Å². The van der Waals surface area contributed by atoms with Gasteiger partial charge in [-0.05, 0) is 38.8 Å². The number of hydrogen-bond acceptors (Lipinski definition) is 0. The standard InChI is InChI=1S/C14H18BN2/c1-8-6-13-7-14-10(3)9(2)12(5)17(14)15-16(13)11(8)4/h6-7,15H,1-5H3/q+1. The predicted octanol–water partition coefficient (Wildman–Crippen LogP) is 2.32. The van der Waals surface area contributed by atoms with Crippen molar-refractivity contribution in [1.29, 1.82) is 0 Å². The lowest BCUT2D eigenvalue weighted by Crippen LogP contribution is -2.29. The Hall–Kier alpha value is -1.51. The summed E-state index contributed by atoms with van der Waals surface area (Å²) in [7, 11) is 0.960. The lowest BCUT2D eigenvalue weighted by Gasteiger charge is -2.12. The first kappa shape index (κ1) is 10.6. The normalized spacial score (nSPS) is 17.5. The minimum absolute atomic E-state index is 0.960. The molecule has 0 fully saturated rings. The van der Waals surface area contributed by atoms with Crippen molar-refractivity contribution < 1.29 is 4.49 Å². The van der Waals surface area contributed by atoms with Gasteiger partial charge in [0.1, 0.15) is 0 Å². The molecular formula is C14H18BN2+. The molecule has 0 bridgehead atoms. The molecule has 0 spiro atoms. The molecule has 0 amide bonds. The molecule has 2 nitrogen and oxygen atoms in total. The molecule has 1 aromatic heterocycles. The van der Waals surface area contributed by atoms with Crippen molar-refractivity contribution in [3.63, 3.8) is 0 Å². The van der Waals surface area contributed by atoms with Crippen molar-refractivity contribution in [2.45, 2.75) is 34.6 Å². The van der Waals surface area contributed by atoms with Crippen molar-refractivity contribution in [1.82, 2.24) is 4.48 Å². The topological polar surface area (TPSA) is 7.94 Å². The summed E-state index contributed by atoms with van der Waals surface area (Å²) in [5, 5.41) is 0. The Labute approximate surface area is 103 Å². The summed E-state index contributed by atoms with van der Waals surface area (Å²) in [5.41, 5.74) is 9.73. The van der Waals surface area contributed by atoms with Crippen LogP contribution in [0.2, 0.25) is 0 Å². The fourth-order valence-corrected chi connectivity index (χ4v) is 2.82. The first-order valence-electron chi connectivity index (χ1n) is 6.18. The zero-order valence-electron chi connectivity index (χ0n) is 11.3. The third kappa shape index (κ3) is 1.25. The van der Waals surface area contributed by atoms with Gasteiger partial charge in [-0.1, -0.05) is 0 Å². The zero-order valence-corrected chi connectivity index (χ0v) is 11.3. The second-order valence-corrected chi connectivity index (χ2v) is 5.20. The van der Waals surface area contributed by atoms with Crippen molar-refractivity contribution in [2.75, 3.05) is 0 Å². The molecule has 0 N–H and O–H groups in total. The summed E-state index contributed by atoms with van der Waals surface area (Å²) in [6, 6.07) is 0. The highest BCUT2D eigenvalue weighted by molar-refractivity contribution is 6.29. The maximum atomic E-state index is 2.42. The summed E-state index contributed by atoms with van der Waals surface area (Å²) in [6.07, 6.45) is 4.61. The van der Waals surface area contributed by atoms with Gasteiger partial charge in [0.2, 0.25) is 0 Å². The van der Waals surface area contributed by atoms with Gasteiger partial charge in [-0.2, -0.15) is 0 Å². The third-order valence-electron chi connectivity index (χ3n) is 4.40. The van der Waals surface area contributed by atoms with E-state index in [0.717, 1.165) is 7.55 Å². The second-order valence-electron chi connectivity index (χ2n) is 5.20. The highest BCUT2D eigenvalue weighted by atomic mass is 15.1. The van der Waals surface area contributed by atoms with Gasteiger partial charge in [0.15, 0.2) is 11.4 Å². The number of rotatable bonds is 0. The molecule has 2 aliphatic rings. The van der Waals surface area contributed by atoms with Crippen LogP contribution in [0.4, 0.5) is 0 Å².